The first-order valence-electron chi connectivity index (χ1n) is 2.28. The summed E-state index contributed by atoms with van der Waals surface area (Å²) in [5, 5.41) is 0. The first-order chi connectivity index (χ1) is 3.41. The van der Waals surface area contributed by atoms with Crippen LogP contribution in [-0.4, -0.2) is 0 Å². The smallest absolute Gasteiger partial charge is 0.000558 e. The van der Waals surface area contributed by atoms with Gasteiger partial charge < -0.3 is 0 Å². The second-order valence-electron chi connectivity index (χ2n) is 1.17. The fourth-order valence-electron chi connectivity index (χ4n) is 0.266. The SMILES string of the molecule is C/C=C/CC=CCl. The molecule has 0 nitrogen and oxygen atoms in total. The minimum Gasteiger partial charge on any atom is -0.0933 e. The molecular formula is C6H9Cl. The Kier molecular flexibility index (Phi) is 5.58. The third kappa shape index (κ3) is 5.77. The molecule has 0 atom stereocenters. The highest BCUT2D eigenvalue weighted by atomic mass is 35.5. The maximum Gasteiger partial charge on any atom is 0.000558 e. The van der Waals surface area contributed by atoms with Gasteiger partial charge in [-0.1, -0.05) is 29.8 Å². The van der Waals surface area contributed by atoms with Crippen molar-refractivity contribution < 1.29 is 0 Å². The summed E-state index contributed by atoms with van der Waals surface area (Å²) in [7, 11) is 0. The van der Waals surface area contributed by atoms with E-state index in [4.69, 9.17) is 11.6 Å². The molecule has 0 spiro atoms. The molecule has 0 saturated heterocycles. The Morgan fingerprint density at radius 1 is 1.43 bits per heavy atom. The van der Waals surface area contributed by atoms with Crippen LogP contribution in [0.4, 0.5) is 0 Å². The van der Waals surface area contributed by atoms with Crippen LogP contribution in [0.25, 0.3) is 0 Å². The fraction of sp³-hybridized carbons (Fsp3) is 0.333. The molecule has 0 aliphatic carbocycles. The van der Waals surface area contributed by atoms with Gasteiger partial charge in [-0.15, -0.1) is 0 Å². The predicted octanol–water partition coefficient (Wildman–Crippen LogP) is 2.71. The van der Waals surface area contributed by atoms with Crippen LogP contribution >= 0.6 is 11.6 Å². The van der Waals surface area contributed by atoms with E-state index in [0.717, 1.165) is 6.42 Å². The van der Waals surface area contributed by atoms with E-state index in [0.29, 0.717) is 0 Å². The normalized spacial score (nSPS) is 11.7. The van der Waals surface area contributed by atoms with Gasteiger partial charge in [0.15, 0.2) is 0 Å². The van der Waals surface area contributed by atoms with Crippen LogP contribution in [0.5, 0.6) is 0 Å². The number of allylic oxidation sites excluding steroid dienone is 3. The summed E-state index contributed by atoms with van der Waals surface area (Å²) in [4.78, 5) is 0. The minimum absolute atomic E-state index is 0.944. The Balaban J connectivity index is 2.98. The van der Waals surface area contributed by atoms with Crippen LogP contribution in [0, 0.1) is 0 Å². The van der Waals surface area contributed by atoms with Crippen LogP contribution in [-0.2, 0) is 0 Å². The molecule has 0 radical (unpaired) electrons. The Morgan fingerprint density at radius 3 is 2.57 bits per heavy atom. The summed E-state index contributed by atoms with van der Waals surface area (Å²) in [6, 6.07) is 0. The van der Waals surface area contributed by atoms with Gasteiger partial charge in [-0.3, -0.25) is 0 Å². The zero-order valence-electron chi connectivity index (χ0n) is 4.39. The van der Waals surface area contributed by atoms with Crippen molar-refractivity contribution in [2.24, 2.45) is 0 Å². The largest absolute Gasteiger partial charge is 0.0933 e. The zero-order chi connectivity index (χ0) is 5.54. The first kappa shape index (κ1) is 6.77. The molecule has 0 aromatic heterocycles. The molecule has 0 bridgehead atoms. The van der Waals surface area contributed by atoms with E-state index in [2.05, 4.69) is 0 Å². The molecule has 0 fully saturated rings. The lowest BCUT2D eigenvalue weighted by atomic mass is 10.4. The van der Waals surface area contributed by atoms with E-state index in [1.165, 1.54) is 5.54 Å². The van der Waals surface area contributed by atoms with Crippen molar-refractivity contribution in [2.75, 3.05) is 0 Å². The number of halogens is 1. The van der Waals surface area contributed by atoms with Gasteiger partial charge in [0.2, 0.25) is 0 Å². The topological polar surface area (TPSA) is 0 Å². The first-order valence-corrected chi connectivity index (χ1v) is 2.72. The second-order valence-corrected chi connectivity index (χ2v) is 1.42. The summed E-state index contributed by atoms with van der Waals surface area (Å²) >= 11 is 5.22. The lowest BCUT2D eigenvalue weighted by molar-refractivity contribution is 1.39. The number of rotatable bonds is 2. The summed E-state index contributed by atoms with van der Waals surface area (Å²) in [5.41, 5.74) is 1.53. The molecule has 0 aromatic rings. The van der Waals surface area contributed by atoms with E-state index in [1.54, 1.807) is 0 Å². The van der Waals surface area contributed by atoms with Gasteiger partial charge in [-0.05, 0) is 13.3 Å². The highest BCUT2D eigenvalue weighted by Crippen LogP contribution is 1.86. The molecule has 1 heteroatoms. The van der Waals surface area contributed by atoms with E-state index in [-0.39, 0.29) is 0 Å². The van der Waals surface area contributed by atoms with Gasteiger partial charge in [0.1, 0.15) is 0 Å². The molecule has 40 valence electrons. The van der Waals surface area contributed by atoms with Crippen LogP contribution in [0.2, 0.25) is 0 Å². The Morgan fingerprint density at radius 2 is 2.14 bits per heavy atom. The highest BCUT2D eigenvalue weighted by molar-refractivity contribution is 6.25. The lowest BCUT2D eigenvalue weighted by Gasteiger charge is -1.72. The average molecular weight is 117 g/mol. The van der Waals surface area contributed by atoms with Crippen molar-refractivity contribution >= 4 is 11.6 Å². The monoisotopic (exact) mass is 116 g/mol. The van der Waals surface area contributed by atoms with E-state index in [1.807, 2.05) is 25.2 Å². The highest BCUT2D eigenvalue weighted by Gasteiger charge is 1.62. The maximum atomic E-state index is 5.22. The van der Waals surface area contributed by atoms with Crippen molar-refractivity contribution in [3.8, 4) is 0 Å². The van der Waals surface area contributed by atoms with E-state index in [9.17, 15) is 0 Å². The summed E-state index contributed by atoms with van der Waals surface area (Å²) in [6.07, 6.45) is 6.87. The summed E-state index contributed by atoms with van der Waals surface area (Å²) in [5.74, 6) is 0. The number of hydrogen-bond acceptors (Lipinski definition) is 0. The van der Waals surface area contributed by atoms with Crippen molar-refractivity contribution in [2.45, 2.75) is 13.3 Å². The molecule has 0 aliphatic rings. The lowest BCUT2D eigenvalue weighted by Crippen LogP contribution is -1.50. The Hall–Kier alpha value is -0.230. The van der Waals surface area contributed by atoms with Gasteiger partial charge in [-0.25, -0.2) is 0 Å². The third-order valence-electron chi connectivity index (χ3n) is 0.597. The van der Waals surface area contributed by atoms with E-state index >= 15 is 0 Å². The van der Waals surface area contributed by atoms with Gasteiger partial charge in [-0.2, -0.15) is 0 Å². The average Bonchev–Trinajstić information content (AvgIpc) is 1.69. The molecule has 0 aliphatic heterocycles. The standard InChI is InChI=1S/C6H9Cl/c1-2-3-4-5-6-7/h2-3,5-6H,4H2,1H3/b3-2+,6-5?. The van der Waals surface area contributed by atoms with Crippen molar-refractivity contribution in [1.82, 2.24) is 0 Å². The molecule has 7 heavy (non-hydrogen) atoms. The molecular weight excluding hydrogens is 108 g/mol. The van der Waals surface area contributed by atoms with Crippen LogP contribution in [0.3, 0.4) is 0 Å². The van der Waals surface area contributed by atoms with Crippen molar-refractivity contribution in [3.63, 3.8) is 0 Å². The van der Waals surface area contributed by atoms with Crippen LogP contribution in [0.15, 0.2) is 23.8 Å². The second kappa shape index (κ2) is 5.77. The molecule has 0 unspecified atom stereocenters. The molecule has 0 N–H and O–H groups in total. The Labute approximate surface area is 49.5 Å². The number of hydrogen-bond donors (Lipinski definition) is 0. The van der Waals surface area contributed by atoms with Crippen molar-refractivity contribution in [3.05, 3.63) is 23.8 Å². The van der Waals surface area contributed by atoms with Crippen LogP contribution in [0.1, 0.15) is 13.3 Å². The summed E-state index contributed by atoms with van der Waals surface area (Å²) in [6.45, 7) is 1.99. The van der Waals surface area contributed by atoms with Gasteiger partial charge in [0, 0.05) is 5.54 Å². The summed E-state index contributed by atoms with van der Waals surface area (Å²) < 4.78 is 0. The van der Waals surface area contributed by atoms with Gasteiger partial charge in [0.05, 0.1) is 0 Å². The Bertz CT molecular complexity index is 62.2. The van der Waals surface area contributed by atoms with Gasteiger partial charge >= 0.3 is 0 Å². The molecule has 0 heterocycles. The van der Waals surface area contributed by atoms with E-state index < -0.39 is 0 Å². The quantitative estimate of drug-likeness (QED) is 0.487. The van der Waals surface area contributed by atoms with Crippen molar-refractivity contribution in [1.29, 1.82) is 0 Å². The molecule has 0 aromatic carbocycles. The molecule has 0 saturated carbocycles. The third-order valence-corrected chi connectivity index (χ3v) is 0.775. The predicted molar refractivity (Wildman–Crippen MR) is 34.4 cm³/mol. The minimum atomic E-state index is 0.944. The van der Waals surface area contributed by atoms with Gasteiger partial charge in [0.25, 0.3) is 0 Å². The fourth-order valence-corrected chi connectivity index (χ4v) is 0.369. The zero-order valence-corrected chi connectivity index (χ0v) is 5.15. The van der Waals surface area contributed by atoms with Crippen LogP contribution < -0.4 is 0 Å². The molecule has 0 rings (SSSR count). The maximum absolute atomic E-state index is 5.22. The molecule has 0 amide bonds.